The Balaban J connectivity index is 1.77. The van der Waals surface area contributed by atoms with E-state index in [-0.39, 0.29) is 18.9 Å². The Bertz CT molecular complexity index is 1350. The van der Waals surface area contributed by atoms with Crippen LogP contribution in [0.3, 0.4) is 0 Å². The van der Waals surface area contributed by atoms with Crippen molar-refractivity contribution in [2.45, 2.75) is 306 Å². The number of amides is 1. The number of ether oxygens (including phenoxy) is 4. The SMILES string of the molecule is CCCCCC/C=C\CCCCCCCC(=O)NC(COC1OC(CO)C(OC2OC(CO)C(O)C(O)C2O)C(O)C1O)C(O)/C=C/CC/C=C/CCCCCCCCCCCCCCCCCCCCC. The topological polar surface area (TPSA) is 228 Å². The highest BCUT2D eigenvalue weighted by molar-refractivity contribution is 5.76. The van der Waals surface area contributed by atoms with Gasteiger partial charge < -0.3 is 65.1 Å². The fourth-order valence-corrected chi connectivity index (χ4v) is 9.54. The standard InChI is InChI=1S/C58H107NO13/c1-3-5-7-9-11-13-15-17-18-19-20-21-22-23-24-25-26-27-28-30-31-33-35-37-39-41-47(62)46(59-50(63)42-40-38-36-34-32-29-16-14-12-10-8-6-4-2)45-69-57-55(68)53(66)56(49(44-61)71-57)72-58-54(67)52(65)51(64)48(43-60)70-58/h14,16,31,33,39,41,46-49,51-58,60-62,64-68H,3-13,15,17-30,32,34-38,40,42-45H2,1-2H3,(H,59,63)/b16-14-,33-31+,41-39+. The lowest BCUT2D eigenvalue weighted by Crippen LogP contribution is -2.65. The number of carbonyl (C=O) groups excluding carboxylic acids is 1. The summed E-state index contributed by atoms with van der Waals surface area (Å²) < 4.78 is 22.7. The van der Waals surface area contributed by atoms with E-state index in [2.05, 4.69) is 43.5 Å². The minimum atomic E-state index is -1.79. The number of allylic oxidation sites excluding steroid dienone is 5. The molecule has 1 amide bonds. The summed E-state index contributed by atoms with van der Waals surface area (Å²) in [4.78, 5) is 13.2. The lowest BCUT2D eigenvalue weighted by molar-refractivity contribution is -0.359. The second-order valence-electron chi connectivity index (χ2n) is 20.8. The number of carbonyl (C=O) groups is 1. The Labute approximate surface area is 436 Å². The molecule has 2 saturated heterocycles. The summed E-state index contributed by atoms with van der Waals surface area (Å²) in [7, 11) is 0. The molecule has 14 heteroatoms. The second-order valence-corrected chi connectivity index (χ2v) is 20.8. The Kier molecular flexibility index (Phi) is 40.9. The van der Waals surface area contributed by atoms with E-state index in [1.165, 1.54) is 148 Å². The van der Waals surface area contributed by atoms with Crippen LogP contribution in [-0.2, 0) is 23.7 Å². The van der Waals surface area contributed by atoms with Crippen LogP contribution in [0.1, 0.15) is 232 Å². The minimum absolute atomic E-state index is 0.258. The van der Waals surface area contributed by atoms with Crippen LogP contribution in [0.15, 0.2) is 36.5 Å². The molecule has 0 spiro atoms. The maximum atomic E-state index is 13.2. The number of aliphatic hydroxyl groups is 8. The van der Waals surface area contributed by atoms with Crippen molar-refractivity contribution in [2.75, 3.05) is 19.8 Å². The van der Waals surface area contributed by atoms with Crippen LogP contribution in [0.4, 0.5) is 0 Å². The van der Waals surface area contributed by atoms with E-state index < -0.39 is 86.8 Å². The molecule has 0 aromatic rings. The van der Waals surface area contributed by atoms with E-state index in [0.717, 1.165) is 51.4 Å². The lowest BCUT2D eigenvalue weighted by atomic mass is 9.97. The molecule has 0 aliphatic carbocycles. The van der Waals surface area contributed by atoms with Crippen molar-refractivity contribution >= 4 is 5.91 Å². The maximum absolute atomic E-state index is 13.2. The molecular weight excluding hydrogens is 919 g/mol. The van der Waals surface area contributed by atoms with Gasteiger partial charge in [-0.15, -0.1) is 0 Å². The summed E-state index contributed by atoms with van der Waals surface area (Å²) in [5.74, 6) is -0.258. The van der Waals surface area contributed by atoms with E-state index in [1.54, 1.807) is 6.08 Å². The predicted molar refractivity (Wildman–Crippen MR) is 286 cm³/mol. The summed E-state index contributed by atoms with van der Waals surface area (Å²) in [5.41, 5.74) is 0. The van der Waals surface area contributed by atoms with Gasteiger partial charge >= 0.3 is 0 Å². The molecule has 12 atom stereocenters. The second kappa shape index (κ2) is 44.3. The first kappa shape index (κ1) is 66.3. The van der Waals surface area contributed by atoms with Crippen molar-refractivity contribution in [1.82, 2.24) is 5.32 Å². The molecule has 422 valence electrons. The third-order valence-corrected chi connectivity index (χ3v) is 14.3. The van der Waals surface area contributed by atoms with Crippen LogP contribution in [0.2, 0.25) is 0 Å². The quantitative estimate of drug-likeness (QED) is 0.0205. The van der Waals surface area contributed by atoms with Crippen LogP contribution in [0.5, 0.6) is 0 Å². The third kappa shape index (κ3) is 30.1. The van der Waals surface area contributed by atoms with Crippen LogP contribution >= 0.6 is 0 Å². The van der Waals surface area contributed by atoms with Gasteiger partial charge in [-0.2, -0.15) is 0 Å². The number of hydrogen-bond acceptors (Lipinski definition) is 13. The maximum Gasteiger partial charge on any atom is 0.220 e. The van der Waals surface area contributed by atoms with Crippen LogP contribution < -0.4 is 5.32 Å². The lowest BCUT2D eigenvalue weighted by Gasteiger charge is -2.46. The first-order valence-corrected chi connectivity index (χ1v) is 29.2. The van der Waals surface area contributed by atoms with Gasteiger partial charge in [0.25, 0.3) is 0 Å². The van der Waals surface area contributed by atoms with E-state index in [1.807, 2.05) is 6.08 Å². The third-order valence-electron chi connectivity index (χ3n) is 14.3. The molecule has 0 aromatic heterocycles. The van der Waals surface area contributed by atoms with Gasteiger partial charge in [-0.1, -0.05) is 204 Å². The molecule has 0 bridgehead atoms. The number of hydrogen-bond donors (Lipinski definition) is 9. The number of rotatable bonds is 46. The normalized spacial score (nSPS) is 25.8. The molecule has 2 aliphatic rings. The van der Waals surface area contributed by atoms with Crippen molar-refractivity contribution in [2.24, 2.45) is 0 Å². The van der Waals surface area contributed by atoms with Crippen molar-refractivity contribution in [1.29, 1.82) is 0 Å². The average Bonchev–Trinajstić information content (AvgIpc) is 3.38. The van der Waals surface area contributed by atoms with Crippen LogP contribution in [0, 0.1) is 0 Å². The molecule has 2 heterocycles. The molecule has 0 saturated carbocycles. The summed E-state index contributed by atoms with van der Waals surface area (Å²) in [6.45, 7) is 2.76. The Hall–Kier alpha value is -1.79. The number of aliphatic hydroxyl groups excluding tert-OH is 8. The Morgan fingerprint density at radius 3 is 1.38 bits per heavy atom. The summed E-state index contributed by atoms with van der Waals surface area (Å²) in [6.07, 6.45) is 36.3. The fourth-order valence-electron chi connectivity index (χ4n) is 9.54. The van der Waals surface area contributed by atoms with Crippen molar-refractivity contribution in [3.05, 3.63) is 36.5 Å². The smallest absolute Gasteiger partial charge is 0.220 e. The van der Waals surface area contributed by atoms with Crippen molar-refractivity contribution in [3.63, 3.8) is 0 Å². The first-order chi connectivity index (χ1) is 35.1. The van der Waals surface area contributed by atoms with E-state index in [4.69, 9.17) is 18.9 Å². The molecule has 0 aromatic carbocycles. The van der Waals surface area contributed by atoms with Gasteiger partial charge in [0.2, 0.25) is 5.91 Å². The van der Waals surface area contributed by atoms with Gasteiger partial charge in [-0.3, -0.25) is 4.79 Å². The summed E-state index contributed by atoms with van der Waals surface area (Å²) >= 11 is 0. The molecule has 2 fully saturated rings. The Morgan fingerprint density at radius 2 is 0.889 bits per heavy atom. The average molecular weight is 1030 g/mol. The molecular formula is C58H107NO13. The monoisotopic (exact) mass is 1030 g/mol. The van der Waals surface area contributed by atoms with Crippen molar-refractivity contribution in [3.8, 4) is 0 Å². The zero-order valence-electron chi connectivity index (χ0n) is 45.2. The number of nitrogens with one attached hydrogen (secondary N) is 1. The summed E-state index contributed by atoms with van der Waals surface area (Å²) in [6, 6.07) is -0.934. The minimum Gasteiger partial charge on any atom is -0.394 e. The highest BCUT2D eigenvalue weighted by Crippen LogP contribution is 2.30. The van der Waals surface area contributed by atoms with Gasteiger partial charge in [0, 0.05) is 6.42 Å². The van der Waals surface area contributed by atoms with E-state index in [9.17, 15) is 45.6 Å². The molecule has 0 radical (unpaired) electrons. The van der Waals surface area contributed by atoms with Gasteiger partial charge in [-0.05, 0) is 57.8 Å². The van der Waals surface area contributed by atoms with Crippen LogP contribution in [0.25, 0.3) is 0 Å². The number of unbranched alkanes of at least 4 members (excludes halogenated alkanes) is 29. The highest BCUT2D eigenvalue weighted by Gasteiger charge is 2.51. The molecule has 72 heavy (non-hydrogen) atoms. The molecule has 12 unspecified atom stereocenters. The van der Waals surface area contributed by atoms with E-state index in [0.29, 0.717) is 12.8 Å². The van der Waals surface area contributed by atoms with Crippen LogP contribution in [-0.4, -0.2) is 140 Å². The van der Waals surface area contributed by atoms with Crippen molar-refractivity contribution < 1.29 is 64.6 Å². The van der Waals surface area contributed by atoms with E-state index >= 15 is 0 Å². The molecule has 14 nitrogen and oxygen atoms in total. The zero-order chi connectivity index (χ0) is 52.4. The highest BCUT2D eigenvalue weighted by atomic mass is 16.7. The predicted octanol–water partition coefficient (Wildman–Crippen LogP) is 9.44. The van der Waals surface area contributed by atoms with Gasteiger partial charge in [-0.25, -0.2) is 0 Å². The molecule has 2 rings (SSSR count). The molecule has 9 N–H and O–H groups in total. The summed E-state index contributed by atoms with van der Waals surface area (Å²) in [5, 5.41) is 86.9. The van der Waals surface area contributed by atoms with Gasteiger partial charge in [0.15, 0.2) is 12.6 Å². The fraction of sp³-hybridized carbons (Fsp3) is 0.879. The van der Waals surface area contributed by atoms with Gasteiger partial charge in [0.1, 0.15) is 48.8 Å². The first-order valence-electron chi connectivity index (χ1n) is 29.2. The van der Waals surface area contributed by atoms with Gasteiger partial charge in [0.05, 0.1) is 32.0 Å². The largest absolute Gasteiger partial charge is 0.394 e. The Morgan fingerprint density at radius 1 is 0.486 bits per heavy atom. The zero-order valence-corrected chi connectivity index (χ0v) is 45.2. The molecule has 2 aliphatic heterocycles.